The molecule has 74 valence electrons. The molecule has 0 aliphatic carbocycles. The van der Waals surface area contributed by atoms with Gasteiger partial charge in [0, 0.05) is 13.0 Å². The van der Waals surface area contributed by atoms with Crippen LogP contribution in [-0.4, -0.2) is 13.7 Å². The van der Waals surface area contributed by atoms with E-state index in [1.165, 1.54) is 5.56 Å². The van der Waals surface area contributed by atoms with Crippen molar-refractivity contribution in [2.24, 2.45) is 5.73 Å². The van der Waals surface area contributed by atoms with Gasteiger partial charge in [-0.25, -0.2) is 0 Å². The highest BCUT2D eigenvalue weighted by atomic mass is 16.5. The Morgan fingerprint density at radius 3 is 2.86 bits per heavy atom. The molecule has 2 heteroatoms. The van der Waals surface area contributed by atoms with E-state index in [-0.39, 0.29) is 0 Å². The van der Waals surface area contributed by atoms with Gasteiger partial charge in [0.1, 0.15) is 5.75 Å². The number of methoxy groups -OCH3 is 1. The number of benzene rings is 1. The van der Waals surface area contributed by atoms with Crippen molar-refractivity contribution in [2.75, 3.05) is 13.7 Å². The highest BCUT2D eigenvalue weighted by Crippen LogP contribution is 2.18. The fourth-order valence-electron chi connectivity index (χ4n) is 1.15. The number of hydrogen-bond donors (Lipinski definition) is 1. The molecule has 0 bridgehead atoms. The molecular weight excluding hydrogens is 174 g/mol. The Morgan fingerprint density at radius 1 is 1.43 bits per heavy atom. The Balaban J connectivity index is 2.94. The van der Waals surface area contributed by atoms with Crippen LogP contribution in [0.1, 0.15) is 17.5 Å². The van der Waals surface area contributed by atoms with E-state index in [9.17, 15) is 0 Å². The third kappa shape index (κ3) is 2.79. The monoisotopic (exact) mass is 189 g/mol. The standard InChI is InChI=1S/C12H15NO/c1-10-6-7-12(14-2)11(9-10)5-3-4-8-13/h6-7,9H,4,8,13H2,1-2H3. The lowest BCUT2D eigenvalue weighted by atomic mass is 10.1. The Kier molecular flexibility index (Phi) is 4.03. The highest BCUT2D eigenvalue weighted by Gasteiger charge is 1.98. The third-order valence-corrected chi connectivity index (χ3v) is 1.85. The summed E-state index contributed by atoms with van der Waals surface area (Å²) in [5, 5.41) is 0. The molecule has 0 radical (unpaired) electrons. The van der Waals surface area contributed by atoms with Gasteiger partial charge in [0.05, 0.1) is 12.7 Å². The largest absolute Gasteiger partial charge is 0.495 e. The molecule has 2 nitrogen and oxygen atoms in total. The van der Waals surface area contributed by atoms with Crippen molar-refractivity contribution in [1.82, 2.24) is 0 Å². The van der Waals surface area contributed by atoms with Crippen LogP contribution in [0, 0.1) is 18.8 Å². The van der Waals surface area contributed by atoms with Gasteiger partial charge in [0.2, 0.25) is 0 Å². The van der Waals surface area contributed by atoms with E-state index in [0.717, 1.165) is 17.7 Å². The van der Waals surface area contributed by atoms with Crippen molar-refractivity contribution in [3.05, 3.63) is 29.3 Å². The van der Waals surface area contributed by atoms with Gasteiger partial charge < -0.3 is 10.5 Å². The number of rotatable bonds is 2. The zero-order valence-electron chi connectivity index (χ0n) is 8.63. The SMILES string of the molecule is COc1ccc(C)cc1C#CCCN. The minimum Gasteiger partial charge on any atom is -0.495 e. The highest BCUT2D eigenvalue weighted by molar-refractivity contribution is 5.47. The molecule has 0 aromatic heterocycles. The van der Waals surface area contributed by atoms with Gasteiger partial charge in [0.25, 0.3) is 0 Å². The fourth-order valence-corrected chi connectivity index (χ4v) is 1.15. The van der Waals surface area contributed by atoms with Crippen LogP contribution in [0.2, 0.25) is 0 Å². The topological polar surface area (TPSA) is 35.2 Å². The normalized spacial score (nSPS) is 9.07. The number of hydrogen-bond acceptors (Lipinski definition) is 2. The molecule has 0 heterocycles. The summed E-state index contributed by atoms with van der Waals surface area (Å²) < 4.78 is 5.20. The lowest BCUT2D eigenvalue weighted by Crippen LogP contribution is -1.95. The van der Waals surface area contributed by atoms with Gasteiger partial charge in [-0.1, -0.05) is 17.9 Å². The van der Waals surface area contributed by atoms with Crippen molar-refractivity contribution in [3.63, 3.8) is 0 Å². The molecule has 0 aliphatic heterocycles. The molecule has 0 saturated carbocycles. The second-order valence-electron chi connectivity index (χ2n) is 3.04. The lowest BCUT2D eigenvalue weighted by Gasteiger charge is -2.03. The van der Waals surface area contributed by atoms with E-state index in [1.54, 1.807) is 7.11 Å². The molecule has 0 unspecified atom stereocenters. The minimum atomic E-state index is 0.598. The van der Waals surface area contributed by atoms with Crippen LogP contribution >= 0.6 is 0 Å². The quantitative estimate of drug-likeness (QED) is 0.719. The van der Waals surface area contributed by atoms with Crippen LogP contribution < -0.4 is 10.5 Å². The average Bonchev–Trinajstić information content (AvgIpc) is 2.19. The first kappa shape index (κ1) is 10.6. The van der Waals surface area contributed by atoms with Crippen LogP contribution in [0.15, 0.2) is 18.2 Å². The molecule has 1 rings (SSSR count). The summed E-state index contributed by atoms with van der Waals surface area (Å²) in [4.78, 5) is 0. The van der Waals surface area contributed by atoms with Gasteiger partial charge in [-0.15, -0.1) is 0 Å². The van der Waals surface area contributed by atoms with Crippen LogP contribution in [-0.2, 0) is 0 Å². The fraction of sp³-hybridized carbons (Fsp3) is 0.333. The first-order valence-electron chi connectivity index (χ1n) is 4.61. The molecule has 2 N–H and O–H groups in total. The van der Waals surface area contributed by atoms with Crippen molar-refractivity contribution >= 4 is 0 Å². The van der Waals surface area contributed by atoms with E-state index < -0.39 is 0 Å². The van der Waals surface area contributed by atoms with Gasteiger partial charge in [-0.3, -0.25) is 0 Å². The molecule has 14 heavy (non-hydrogen) atoms. The maximum Gasteiger partial charge on any atom is 0.134 e. The number of aryl methyl sites for hydroxylation is 1. The number of nitrogens with two attached hydrogens (primary N) is 1. The molecule has 0 fully saturated rings. The molecule has 1 aromatic rings. The predicted octanol–water partition coefficient (Wildman–Crippen LogP) is 1.70. The molecule has 1 aromatic carbocycles. The van der Waals surface area contributed by atoms with E-state index in [2.05, 4.69) is 11.8 Å². The van der Waals surface area contributed by atoms with E-state index in [1.807, 2.05) is 25.1 Å². The first-order chi connectivity index (χ1) is 6.77. The predicted molar refractivity (Wildman–Crippen MR) is 58.3 cm³/mol. The summed E-state index contributed by atoms with van der Waals surface area (Å²) in [5.74, 6) is 6.87. The summed E-state index contributed by atoms with van der Waals surface area (Å²) in [7, 11) is 1.65. The summed E-state index contributed by atoms with van der Waals surface area (Å²) in [6.45, 7) is 2.63. The van der Waals surface area contributed by atoms with Crippen LogP contribution in [0.4, 0.5) is 0 Å². The van der Waals surface area contributed by atoms with Crippen LogP contribution in [0.5, 0.6) is 5.75 Å². The van der Waals surface area contributed by atoms with Crippen molar-refractivity contribution in [2.45, 2.75) is 13.3 Å². The van der Waals surface area contributed by atoms with E-state index in [4.69, 9.17) is 10.5 Å². The van der Waals surface area contributed by atoms with Crippen LogP contribution in [0.25, 0.3) is 0 Å². The van der Waals surface area contributed by atoms with Crippen molar-refractivity contribution in [3.8, 4) is 17.6 Å². The van der Waals surface area contributed by atoms with Crippen LogP contribution in [0.3, 0.4) is 0 Å². The molecule has 0 saturated heterocycles. The second kappa shape index (κ2) is 5.31. The summed E-state index contributed by atoms with van der Waals surface area (Å²) in [6.07, 6.45) is 0.719. The van der Waals surface area contributed by atoms with Crippen molar-refractivity contribution in [1.29, 1.82) is 0 Å². The summed E-state index contributed by atoms with van der Waals surface area (Å²) >= 11 is 0. The summed E-state index contributed by atoms with van der Waals surface area (Å²) in [6, 6.07) is 5.96. The Bertz CT molecular complexity index is 360. The molecule has 0 amide bonds. The average molecular weight is 189 g/mol. The Hall–Kier alpha value is -1.46. The third-order valence-electron chi connectivity index (χ3n) is 1.85. The zero-order chi connectivity index (χ0) is 10.4. The van der Waals surface area contributed by atoms with Gasteiger partial charge in [0.15, 0.2) is 0 Å². The van der Waals surface area contributed by atoms with Gasteiger partial charge in [-0.05, 0) is 24.6 Å². The Morgan fingerprint density at radius 2 is 2.21 bits per heavy atom. The Labute approximate surface area is 85.1 Å². The molecule has 0 atom stereocenters. The maximum atomic E-state index is 5.36. The second-order valence-corrected chi connectivity index (χ2v) is 3.04. The smallest absolute Gasteiger partial charge is 0.134 e. The summed E-state index contributed by atoms with van der Waals surface area (Å²) in [5.41, 5.74) is 7.47. The lowest BCUT2D eigenvalue weighted by molar-refractivity contribution is 0.413. The van der Waals surface area contributed by atoms with Gasteiger partial charge in [-0.2, -0.15) is 0 Å². The molecule has 0 spiro atoms. The maximum absolute atomic E-state index is 5.36. The van der Waals surface area contributed by atoms with E-state index >= 15 is 0 Å². The van der Waals surface area contributed by atoms with E-state index in [0.29, 0.717) is 6.54 Å². The first-order valence-corrected chi connectivity index (χ1v) is 4.61. The molecule has 0 aliphatic rings. The molecular formula is C12H15NO. The zero-order valence-corrected chi connectivity index (χ0v) is 8.63. The number of ether oxygens (including phenoxy) is 1. The minimum absolute atomic E-state index is 0.598. The van der Waals surface area contributed by atoms with Crippen molar-refractivity contribution < 1.29 is 4.74 Å². The van der Waals surface area contributed by atoms with Gasteiger partial charge >= 0.3 is 0 Å².